The first-order chi connectivity index (χ1) is 10.3. The molecule has 1 aliphatic rings. The van der Waals surface area contributed by atoms with Crippen molar-refractivity contribution in [3.05, 3.63) is 51.7 Å². The van der Waals surface area contributed by atoms with Crippen LogP contribution < -0.4 is 0 Å². The number of hydrogen-bond donors (Lipinski definition) is 0. The first kappa shape index (κ1) is 16.6. The second kappa shape index (κ2) is 6.56. The van der Waals surface area contributed by atoms with E-state index in [1.807, 2.05) is 0 Å². The van der Waals surface area contributed by atoms with E-state index in [9.17, 15) is 14.9 Å². The molecule has 0 aliphatic heterocycles. The monoisotopic (exact) mass is 317 g/mol. The van der Waals surface area contributed by atoms with Gasteiger partial charge in [0.1, 0.15) is 5.78 Å². The van der Waals surface area contributed by atoms with Crippen molar-refractivity contribution in [1.82, 2.24) is 0 Å². The van der Waals surface area contributed by atoms with Crippen LogP contribution in [0.5, 0.6) is 0 Å². The molecule has 0 bridgehead atoms. The molecule has 1 aliphatic carbocycles. The van der Waals surface area contributed by atoms with E-state index in [4.69, 9.17) is 0 Å². The van der Waals surface area contributed by atoms with Crippen molar-refractivity contribution in [2.24, 2.45) is 5.92 Å². The van der Waals surface area contributed by atoms with E-state index in [0.29, 0.717) is 6.42 Å². The molecule has 0 spiro atoms. The van der Waals surface area contributed by atoms with Crippen molar-refractivity contribution in [3.8, 4) is 0 Å². The molecular weight excluding hydrogens is 294 g/mol. The highest BCUT2D eigenvalue weighted by atomic mass is 28.3. The second-order valence-corrected chi connectivity index (χ2v) is 12.1. The van der Waals surface area contributed by atoms with E-state index in [-0.39, 0.29) is 23.3 Å². The normalized spacial score (nSPS) is 23.0. The molecular formula is C17H23NO3Si. The van der Waals surface area contributed by atoms with Crippen LogP contribution in [0.25, 0.3) is 0 Å². The summed E-state index contributed by atoms with van der Waals surface area (Å²) in [5.74, 6) is 0.321. The SMILES string of the molecule is C[Si](C)(C)/C=C/C1CCCC(=O)C1c1ccc([N+](=O)[O-])cc1. The van der Waals surface area contributed by atoms with Crippen LogP contribution in [0, 0.1) is 16.0 Å². The van der Waals surface area contributed by atoms with Crippen molar-refractivity contribution in [2.75, 3.05) is 0 Å². The van der Waals surface area contributed by atoms with Gasteiger partial charge in [-0.3, -0.25) is 14.9 Å². The number of carbonyl (C=O) groups is 1. The molecule has 118 valence electrons. The number of nitro benzene ring substituents is 1. The first-order valence-electron chi connectivity index (χ1n) is 7.74. The van der Waals surface area contributed by atoms with E-state index in [1.54, 1.807) is 12.1 Å². The van der Waals surface area contributed by atoms with Crippen molar-refractivity contribution < 1.29 is 9.72 Å². The lowest BCUT2D eigenvalue weighted by Crippen LogP contribution is -2.26. The summed E-state index contributed by atoms with van der Waals surface area (Å²) < 4.78 is 0. The topological polar surface area (TPSA) is 60.2 Å². The van der Waals surface area contributed by atoms with Gasteiger partial charge in [0.25, 0.3) is 5.69 Å². The van der Waals surface area contributed by atoms with Crippen LogP contribution >= 0.6 is 0 Å². The van der Waals surface area contributed by atoms with Gasteiger partial charge in [-0.2, -0.15) is 0 Å². The Kier molecular flexibility index (Phi) is 4.96. The Hall–Kier alpha value is -1.75. The highest BCUT2D eigenvalue weighted by molar-refractivity contribution is 6.80. The lowest BCUT2D eigenvalue weighted by Gasteiger charge is -2.29. The summed E-state index contributed by atoms with van der Waals surface area (Å²) >= 11 is 0. The Bertz CT molecular complexity index is 587. The standard InChI is InChI=1S/C17H23NO3Si/c1-22(2,3)12-11-13-5-4-6-16(19)17(13)14-7-9-15(10-8-14)18(20)21/h7-13,17H,4-6H2,1-3H3/b12-11+. The fraction of sp³-hybridized carbons (Fsp3) is 0.471. The van der Waals surface area contributed by atoms with E-state index in [1.165, 1.54) is 12.1 Å². The number of nitro groups is 1. The molecule has 0 N–H and O–H groups in total. The van der Waals surface area contributed by atoms with Crippen molar-refractivity contribution in [3.63, 3.8) is 0 Å². The quantitative estimate of drug-likeness (QED) is 0.467. The molecule has 0 heterocycles. The summed E-state index contributed by atoms with van der Waals surface area (Å²) in [4.78, 5) is 22.7. The predicted octanol–water partition coefficient (Wildman–Crippen LogP) is 4.48. The fourth-order valence-corrected chi connectivity index (χ4v) is 3.75. The van der Waals surface area contributed by atoms with Crippen LogP contribution in [-0.4, -0.2) is 18.8 Å². The molecule has 2 unspecified atom stereocenters. The minimum Gasteiger partial charge on any atom is -0.299 e. The zero-order valence-corrected chi connectivity index (χ0v) is 14.4. The molecule has 0 aromatic heterocycles. The van der Waals surface area contributed by atoms with Gasteiger partial charge in [0.2, 0.25) is 0 Å². The van der Waals surface area contributed by atoms with Gasteiger partial charge in [0, 0.05) is 24.5 Å². The molecule has 5 heteroatoms. The zero-order valence-electron chi connectivity index (χ0n) is 13.4. The minimum atomic E-state index is -1.30. The van der Waals surface area contributed by atoms with Gasteiger partial charge in [-0.15, -0.1) is 0 Å². The maximum atomic E-state index is 12.4. The second-order valence-electron chi connectivity index (χ2n) is 7.07. The van der Waals surface area contributed by atoms with Gasteiger partial charge in [0.15, 0.2) is 0 Å². The third-order valence-corrected chi connectivity index (χ3v) is 5.23. The average Bonchev–Trinajstić information content (AvgIpc) is 2.44. The summed E-state index contributed by atoms with van der Waals surface area (Å²) in [6.45, 7) is 6.82. The van der Waals surface area contributed by atoms with Crippen molar-refractivity contribution in [2.45, 2.75) is 44.8 Å². The minimum absolute atomic E-state index is 0.0706. The molecule has 1 fully saturated rings. The summed E-state index contributed by atoms with van der Waals surface area (Å²) in [7, 11) is -1.30. The van der Waals surface area contributed by atoms with Gasteiger partial charge in [-0.25, -0.2) is 0 Å². The Morgan fingerprint density at radius 2 is 1.86 bits per heavy atom. The Morgan fingerprint density at radius 3 is 2.41 bits per heavy atom. The maximum Gasteiger partial charge on any atom is 0.269 e. The van der Waals surface area contributed by atoms with Crippen molar-refractivity contribution in [1.29, 1.82) is 0 Å². The van der Waals surface area contributed by atoms with Crippen LogP contribution in [0.2, 0.25) is 19.6 Å². The van der Waals surface area contributed by atoms with Crippen LogP contribution in [0.4, 0.5) is 5.69 Å². The summed E-state index contributed by atoms with van der Waals surface area (Å²) in [5, 5.41) is 10.8. The summed E-state index contributed by atoms with van der Waals surface area (Å²) in [6.07, 6.45) is 4.77. The first-order valence-corrected chi connectivity index (χ1v) is 11.3. The Balaban J connectivity index is 2.28. The molecule has 1 aromatic rings. The molecule has 2 rings (SSSR count). The maximum absolute atomic E-state index is 12.4. The molecule has 1 saturated carbocycles. The molecule has 4 nitrogen and oxygen atoms in total. The Morgan fingerprint density at radius 1 is 1.23 bits per heavy atom. The average molecular weight is 317 g/mol. The lowest BCUT2D eigenvalue weighted by molar-refractivity contribution is -0.384. The number of Topliss-reactive ketones (excluding diaryl/α,β-unsaturated/α-hetero) is 1. The van der Waals surface area contributed by atoms with Crippen LogP contribution in [0.1, 0.15) is 30.7 Å². The molecule has 1 aromatic carbocycles. The number of carbonyl (C=O) groups excluding carboxylic acids is 1. The van der Waals surface area contributed by atoms with E-state index in [2.05, 4.69) is 31.4 Å². The number of non-ortho nitro benzene ring substituents is 1. The number of benzene rings is 1. The number of allylic oxidation sites excluding steroid dienone is 1. The summed E-state index contributed by atoms with van der Waals surface area (Å²) in [6, 6.07) is 6.47. The third kappa shape index (κ3) is 4.13. The number of ketones is 1. The molecule has 2 atom stereocenters. The van der Waals surface area contributed by atoms with Gasteiger partial charge in [-0.05, 0) is 24.3 Å². The van der Waals surface area contributed by atoms with Crippen LogP contribution in [0.3, 0.4) is 0 Å². The highest BCUT2D eigenvalue weighted by Crippen LogP contribution is 2.37. The van der Waals surface area contributed by atoms with Gasteiger partial charge in [0.05, 0.1) is 13.0 Å². The van der Waals surface area contributed by atoms with Crippen molar-refractivity contribution >= 4 is 19.5 Å². The predicted molar refractivity (Wildman–Crippen MR) is 90.7 cm³/mol. The zero-order chi connectivity index (χ0) is 16.3. The van der Waals surface area contributed by atoms with Crippen LogP contribution in [-0.2, 0) is 4.79 Å². The van der Waals surface area contributed by atoms with Crippen LogP contribution in [0.15, 0.2) is 36.0 Å². The fourth-order valence-electron chi connectivity index (χ4n) is 2.93. The largest absolute Gasteiger partial charge is 0.299 e. The van der Waals surface area contributed by atoms with E-state index >= 15 is 0 Å². The third-order valence-electron chi connectivity index (χ3n) is 4.04. The van der Waals surface area contributed by atoms with Gasteiger partial charge >= 0.3 is 0 Å². The smallest absolute Gasteiger partial charge is 0.269 e. The summed E-state index contributed by atoms with van der Waals surface area (Å²) in [5.41, 5.74) is 3.27. The van der Waals surface area contributed by atoms with E-state index < -0.39 is 13.0 Å². The molecule has 0 radical (unpaired) electrons. The molecule has 0 saturated heterocycles. The Labute approximate surface area is 132 Å². The highest BCUT2D eigenvalue weighted by Gasteiger charge is 2.32. The number of rotatable bonds is 4. The number of hydrogen-bond acceptors (Lipinski definition) is 3. The molecule has 22 heavy (non-hydrogen) atoms. The molecule has 0 amide bonds. The van der Waals surface area contributed by atoms with E-state index in [0.717, 1.165) is 18.4 Å². The van der Waals surface area contributed by atoms with Gasteiger partial charge in [-0.1, -0.05) is 43.5 Å². The number of nitrogens with zero attached hydrogens (tertiary/aromatic N) is 1. The van der Waals surface area contributed by atoms with Gasteiger partial charge < -0.3 is 0 Å². The lowest BCUT2D eigenvalue weighted by atomic mass is 9.74.